The van der Waals surface area contributed by atoms with Crippen molar-refractivity contribution >= 4 is 0 Å². The Labute approximate surface area is 223 Å². The van der Waals surface area contributed by atoms with Crippen molar-refractivity contribution in [2.75, 3.05) is 0 Å². The summed E-state index contributed by atoms with van der Waals surface area (Å²) in [7, 11) is 0. The highest BCUT2D eigenvalue weighted by Gasteiger charge is 2.52. The SMILES string of the molecule is Cc1ccccc1-c1ccc2c(c1)C1(c3ccccc3-2)c2ccccc2-c2c(-c3ccccc3)cccc21. The van der Waals surface area contributed by atoms with E-state index < -0.39 is 0 Å². The molecule has 0 heterocycles. The van der Waals surface area contributed by atoms with E-state index in [1.54, 1.807) is 0 Å². The van der Waals surface area contributed by atoms with Gasteiger partial charge in [-0.05, 0) is 85.3 Å². The minimum absolute atomic E-state index is 0.346. The van der Waals surface area contributed by atoms with Crippen molar-refractivity contribution in [2.45, 2.75) is 12.3 Å². The van der Waals surface area contributed by atoms with Gasteiger partial charge in [-0.1, -0.05) is 133 Å². The molecular formula is C38H26. The molecule has 0 saturated heterocycles. The molecule has 0 aliphatic heterocycles. The molecule has 6 aromatic carbocycles. The van der Waals surface area contributed by atoms with E-state index in [4.69, 9.17) is 0 Å². The average Bonchev–Trinajstić information content (AvgIpc) is 3.45. The fourth-order valence-electron chi connectivity index (χ4n) is 7.11. The maximum atomic E-state index is 2.47. The first-order chi connectivity index (χ1) is 18.8. The van der Waals surface area contributed by atoms with Gasteiger partial charge in [0.2, 0.25) is 0 Å². The number of hydrogen-bond donors (Lipinski definition) is 0. The second-order valence-corrected chi connectivity index (χ2v) is 10.5. The van der Waals surface area contributed by atoms with Crippen LogP contribution in [0.3, 0.4) is 0 Å². The summed E-state index contributed by atoms with van der Waals surface area (Å²) in [5, 5.41) is 0. The Hall–Kier alpha value is -4.68. The predicted octanol–water partition coefficient (Wildman–Crippen LogP) is 9.67. The summed E-state index contributed by atoms with van der Waals surface area (Å²) in [6, 6.07) is 51.7. The Balaban J connectivity index is 1.52. The van der Waals surface area contributed by atoms with Crippen LogP contribution in [0.5, 0.6) is 0 Å². The fourth-order valence-corrected chi connectivity index (χ4v) is 7.11. The maximum Gasteiger partial charge on any atom is 0.0725 e. The second kappa shape index (κ2) is 7.91. The van der Waals surface area contributed by atoms with Gasteiger partial charge in [0.05, 0.1) is 5.41 Å². The van der Waals surface area contributed by atoms with E-state index in [1.807, 2.05) is 0 Å². The number of benzene rings is 6. The zero-order valence-electron chi connectivity index (χ0n) is 21.3. The van der Waals surface area contributed by atoms with E-state index in [2.05, 4.69) is 146 Å². The van der Waals surface area contributed by atoms with Crippen molar-refractivity contribution in [3.05, 3.63) is 167 Å². The first-order valence-electron chi connectivity index (χ1n) is 13.4. The Bertz CT molecular complexity index is 1870. The highest BCUT2D eigenvalue weighted by atomic mass is 14.5. The van der Waals surface area contributed by atoms with Crippen LogP contribution in [0, 0.1) is 6.92 Å². The molecule has 178 valence electrons. The van der Waals surface area contributed by atoms with Crippen LogP contribution in [0.15, 0.2) is 140 Å². The maximum absolute atomic E-state index is 2.47. The summed E-state index contributed by atoms with van der Waals surface area (Å²) in [5.74, 6) is 0. The Morgan fingerprint density at radius 3 is 1.74 bits per heavy atom. The van der Waals surface area contributed by atoms with Gasteiger partial charge in [-0.25, -0.2) is 0 Å². The normalized spacial score (nSPS) is 16.1. The highest BCUT2D eigenvalue weighted by molar-refractivity contribution is 6.00. The third kappa shape index (κ3) is 2.70. The Morgan fingerprint density at radius 1 is 0.368 bits per heavy atom. The fraction of sp³-hybridized carbons (Fsp3) is 0.0526. The Kier molecular flexibility index (Phi) is 4.46. The summed E-state index contributed by atoms with van der Waals surface area (Å²) >= 11 is 0. The molecule has 0 bridgehead atoms. The van der Waals surface area contributed by atoms with E-state index in [0.29, 0.717) is 0 Å². The third-order valence-corrected chi connectivity index (χ3v) is 8.65. The van der Waals surface area contributed by atoms with E-state index in [9.17, 15) is 0 Å². The molecule has 0 nitrogen and oxygen atoms in total. The van der Waals surface area contributed by atoms with Crippen LogP contribution < -0.4 is 0 Å². The van der Waals surface area contributed by atoms with Crippen LogP contribution in [-0.2, 0) is 5.41 Å². The summed E-state index contributed by atoms with van der Waals surface area (Å²) in [4.78, 5) is 0. The lowest BCUT2D eigenvalue weighted by atomic mass is 9.70. The second-order valence-electron chi connectivity index (χ2n) is 10.5. The quantitative estimate of drug-likeness (QED) is 0.230. The molecule has 0 N–H and O–H groups in total. The molecule has 6 aromatic rings. The van der Waals surface area contributed by atoms with E-state index in [0.717, 1.165) is 0 Å². The lowest BCUT2D eigenvalue weighted by molar-refractivity contribution is 0.794. The van der Waals surface area contributed by atoms with Crippen LogP contribution in [0.2, 0.25) is 0 Å². The molecule has 1 unspecified atom stereocenters. The number of aryl methyl sites for hydroxylation is 1. The zero-order chi connectivity index (χ0) is 25.3. The predicted molar refractivity (Wildman–Crippen MR) is 158 cm³/mol. The molecule has 0 radical (unpaired) electrons. The van der Waals surface area contributed by atoms with E-state index >= 15 is 0 Å². The van der Waals surface area contributed by atoms with Gasteiger partial charge in [-0.2, -0.15) is 0 Å². The first-order valence-corrected chi connectivity index (χ1v) is 13.4. The molecular weight excluding hydrogens is 456 g/mol. The largest absolute Gasteiger partial charge is 0.0725 e. The summed E-state index contributed by atoms with van der Waals surface area (Å²) in [6.07, 6.45) is 0. The minimum atomic E-state index is -0.346. The Morgan fingerprint density at radius 2 is 0.947 bits per heavy atom. The van der Waals surface area contributed by atoms with Crippen molar-refractivity contribution in [3.63, 3.8) is 0 Å². The summed E-state index contributed by atoms with van der Waals surface area (Å²) < 4.78 is 0. The van der Waals surface area contributed by atoms with Gasteiger partial charge in [0.25, 0.3) is 0 Å². The molecule has 1 spiro atoms. The van der Waals surface area contributed by atoms with Crippen molar-refractivity contribution < 1.29 is 0 Å². The van der Waals surface area contributed by atoms with Crippen LogP contribution >= 0.6 is 0 Å². The smallest absolute Gasteiger partial charge is 0.0622 e. The zero-order valence-corrected chi connectivity index (χ0v) is 21.3. The molecule has 0 aromatic heterocycles. The van der Waals surface area contributed by atoms with Gasteiger partial charge in [-0.3, -0.25) is 0 Å². The molecule has 0 fully saturated rings. The van der Waals surface area contributed by atoms with Crippen molar-refractivity contribution in [1.29, 1.82) is 0 Å². The van der Waals surface area contributed by atoms with Gasteiger partial charge in [0.15, 0.2) is 0 Å². The minimum Gasteiger partial charge on any atom is -0.0622 e. The van der Waals surface area contributed by atoms with Gasteiger partial charge in [-0.15, -0.1) is 0 Å². The molecule has 0 amide bonds. The molecule has 8 rings (SSSR count). The lowest BCUT2D eigenvalue weighted by Crippen LogP contribution is -2.25. The van der Waals surface area contributed by atoms with Crippen LogP contribution in [0.25, 0.3) is 44.5 Å². The molecule has 2 aliphatic rings. The third-order valence-electron chi connectivity index (χ3n) is 8.65. The van der Waals surface area contributed by atoms with E-state index in [1.165, 1.54) is 72.3 Å². The number of fused-ring (bicyclic) bond motifs is 10. The summed E-state index contributed by atoms with van der Waals surface area (Å²) in [6.45, 7) is 2.21. The highest BCUT2D eigenvalue weighted by Crippen LogP contribution is 2.64. The van der Waals surface area contributed by atoms with Crippen molar-refractivity contribution in [3.8, 4) is 44.5 Å². The molecule has 2 aliphatic carbocycles. The molecule has 0 saturated carbocycles. The van der Waals surface area contributed by atoms with Gasteiger partial charge >= 0.3 is 0 Å². The van der Waals surface area contributed by atoms with Gasteiger partial charge in [0.1, 0.15) is 0 Å². The average molecular weight is 483 g/mol. The van der Waals surface area contributed by atoms with Crippen LogP contribution in [-0.4, -0.2) is 0 Å². The van der Waals surface area contributed by atoms with E-state index in [-0.39, 0.29) is 5.41 Å². The molecule has 0 heteroatoms. The summed E-state index contributed by atoms with van der Waals surface area (Å²) in [5.41, 5.74) is 17.0. The topological polar surface area (TPSA) is 0 Å². The van der Waals surface area contributed by atoms with Crippen LogP contribution in [0.4, 0.5) is 0 Å². The standard InChI is InChI=1S/C38H26/c1-25-12-5-6-15-28(25)27-22-23-31-30-16-7-9-19-33(30)38(36(31)24-27)34-20-10-8-17-32(34)37-29(18-11-21-35(37)38)26-13-3-2-4-14-26/h2-24H,1H3. The first kappa shape index (κ1) is 21.4. The lowest BCUT2D eigenvalue weighted by Gasteiger charge is -2.31. The molecule has 1 atom stereocenters. The number of hydrogen-bond acceptors (Lipinski definition) is 0. The monoisotopic (exact) mass is 482 g/mol. The van der Waals surface area contributed by atoms with Gasteiger partial charge in [0, 0.05) is 0 Å². The van der Waals surface area contributed by atoms with Crippen molar-refractivity contribution in [2.24, 2.45) is 0 Å². The van der Waals surface area contributed by atoms with Gasteiger partial charge < -0.3 is 0 Å². The molecule has 38 heavy (non-hydrogen) atoms. The van der Waals surface area contributed by atoms with Crippen LogP contribution in [0.1, 0.15) is 27.8 Å². The number of rotatable bonds is 2. The van der Waals surface area contributed by atoms with Crippen molar-refractivity contribution in [1.82, 2.24) is 0 Å².